The second-order valence-corrected chi connectivity index (χ2v) is 8.68. The zero-order valence-electron chi connectivity index (χ0n) is 10.9. The van der Waals surface area contributed by atoms with Crippen LogP contribution in [0.3, 0.4) is 0 Å². The highest BCUT2D eigenvalue weighted by atomic mass is 127. The van der Waals surface area contributed by atoms with Crippen molar-refractivity contribution in [2.75, 3.05) is 6.54 Å². The van der Waals surface area contributed by atoms with Crippen molar-refractivity contribution in [3.63, 3.8) is 0 Å². The van der Waals surface area contributed by atoms with E-state index in [2.05, 4.69) is 75.1 Å². The van der Waals surface area contributed by atoms with Gasteiger partial charge in [-0.2, -0.15) is 0 Å². The molecule has 1 aliphatic heterocycles. The van der Waals surface area contributed by atoms with E-state index in [4.69, 9.17) is 0 Å². The molecule has 0 spiro atoms. The van der Waals surface area contributed by atoms with Gasteiger partial charge in [0.05, 0.1) is 3.55 Å². The monoisotopic (exact) mass is 321 g/mol. The molecule has 0 bridgehead atoms. The van der Waals surface area contributed by atoms with Crippen LogP contribution in [0, 0.1) is 5.41 Å². The van der Waals surface area contributed by atoms with Gasteiger partial charge < -0.3 is 0 Å². The largest absolute Gasteiger partial charge is 0.283 e. The average molecular weight is 321 g/mol. The van der Waals surface area contributed by atoms with Crippen molar-refractivity contribution in [3.05, 3.63) is 11.6 Å². The molecule has 2 heteroatoms. The Balaban J connectivity index is 2.83. The third kappa shape index (κ3) is 3.45. The van der Waals surface area contributed by atoms with Gasteiger partial charge in [0.25, 0.3) is 0 Å². The summed E-state index contributed by atoms with van der Waals surface area (Å²) in [5.41, 5.74) is 1.96. The summed E-state index contributed by atoms with van der Waals surface area (Å²) in [5, 5.41) is 0. The molecule has 1 aliphatic rings. The van der Waals surface area contributed by atoms with E-state index in [0.717, 1.165) is 0 Å². The molecule has 0 radical (unpaired) electrons. The second-order valence-electron chi connectivity index (χ2n) is 6.04. The minimum absolute atomic E-state index is 0.261. The maximum absolute atomic E-state index is 2.57. The number of nitrogens with zero attached hydrogens (tertiary/aromatic N) is 1. The molecule has 0 aliphatic carbocycles. The molecule has 0 saturated carbocycles. The molecule has 1 atom stereocenters. The predicted molar refractivity (Wildman–Crippen MR) is 76.4 cm³/mol. The highest BCUT2D eigenvalue weighted by Crippen LogP contribution is 2.35. The molecular weight excluding hydrogens is 297 g/mol. The maximum atomic E-state index is 2.57. The topological polar surface area (TPSA) is 3.24 Å². The SMILES string of the molecule is C[C@@H]1C=C(C(C)(C)C)CCN1C(C)(C)I. The summed E-state index contributed by atoms with van der Waals surface area (Å²) in [4.78, 5) is 2.57. The maximum Gasteiger partial charge on any atom is 0.0678 e. The summed E-state index contributed by atoms with van der Waals surface area (Å²) >= 11 is 2.54. The van der Waals surface area contributed by atoms with Gasteiger partial charge >= 0.3 is 0 Å². The Kier molecular flexibility index (Phi) is 3.92. The second kappa shape index (κ2) is 4.36. The summed E-state index contributed by atoms with van der Waals surface area (Å²) in [7, 11) is 0. The molecule has 0 aromatic heterocycles. The van der Waals surface area contributed by atoms with Crippen LogP contribution in [0.25, 0.3) is 0 Å². The quantitative estimate of drug-likeness (QED) is 0.302. The van der Waals surface area contributed by atoms with Gasteiger partial charge in [-0.3, -0.25) is 4.90 Å². The van der Waals surface area contributed by atoms with Gasteiger partial charge in [-0.15, -0.1) is 0 Å². The molecule has 0 unspecified atom stereocenters. The fraction of sp³-hybridized carbons (Fsp3) is 0.846. The first-order valence-corrected chi connectivity index (χ1v) is 6.87. The zero-order chi connectivity index (χ0) is 11.9. The summed E-state index contributed by atoms with van der Waals surface area (Å²) in [6, 6.07) is 0.569. The molecular formula is C13H24IN. The van der Waals surface area contributed by atoms with Crippen LogP contribution in [0.5, 0.6) is 0 Å². The lowest BCUT2D eigenvalue weighted by Crippen LogP contribution is -2.47. The first-order chi connectivity index (χ1) is 6.62. The molecule has 0 saturated heterocycles. The van der Waals surface area contributed by atoms with Crippen molar-refractivity contribution in [2.24, 2.45) is 5.41 Å². The smallest absolute Gasteiger partial charge is 0.0678 e. The van der Waals surface area contributed by atoms with E-state index in [1.54, 1.807) is 5.57 Å². The van der Waals surface area contributed by atoms with E-state index in [-0.39, 0.29) is 3.55 Å². The van der Waals surface area contributed by atoms with Crippen molar-refractivity contribution in [3.8, 4) is 0 Å². The van der Waals surface area contributed by atoms with Gasteiger partial charge in [0.2, 0.25) is 0 Å². The number of alkyl halides is 1. The molecule has 0 N–H and O–H groups in total. The lowest BCUT2D eigenvalue weighted by Gasteiger charge is -2.42. The molecule has 0 aromatic rings. The van der Waals surface area contributed by atoms with Crippen LogP contribution >= 0.6 is 22.6 Å². The minimum Gasteiger partial charge on any atom is -0.283 e. The molecule has 1 heterocycles. The van der Waals surface area contributed by atoms with Crippen LogP contribution in [0.4, 0.5) is 0 Å². The molecule has 1 nitrogen and oxygen atoms in total. The van der Waals surface area contributed by atoms with Crippen molar-refractivity contribution < 1.29 is 0 Å². The summed E-state index contributed by atoms with van der Waals surface area (Å²) in [6.45, 7) is 15.0. The van der Waals surface area contributed by atoms with Gasteiger partial charge in [-0.05, 0) is 32.6 Å². The number of hydrogen-bond acceptors (Lipinski definition) is 1. The normalized spacial score (nSPS) is 25.3. The molecule has 0 aromatic carbocycles. The van der Waals surface area contributed by atoms with Gasteiger partial charge in [-0.1, -0.05) is 55.0 Å². The third-order valence-corrected chi connectivity index (χ3v) is 3.82. The number of hydrogen-bond donors (Lipinski definition) is 0. The van der Waals surface area contributed by atoms with Gasteiger partial charge in [0, 0.05) is 12.6 Å². The molecule has 0 fully saturated rings. The Morgan fingerprint density at radius 3 is 2.13 bits per heavy atom. The lowest BCUT2D eigenvalue weighted by molar-refractivity contribution is 0.165. The highest BCUT2D eigenvalue weighted by Gasteiger charge is 2.31. The Bertz CT molecular complexity index is 255. The van der Waals surface area contributed by atoms with Crippen LogP contribution in [0.1, 0.15) is 48.0 Å². The highest BCUT2D eigenvalue weighted by molar-refractivity contribution is 14.1. The molecule has 15 heavy (non-hydrogen) atoms. The van der Waals surface area contributed by atoms with E-state index >= 15 is 0 Å². The van der Waals surface area contributed by atoms with Crippen LogP contribution < -0.4 is 0 Å². The van der Waals surface area contributed by atoms with Crippen molar-refractivity contribution >= 4 is 22.6 Å². The first kappa shape index (κ1) is 13.5. The average Bonchev–Trinajstić information content (AvgIpc) is 1.99. The van der Waals surface area contributed by atoms with Crippen molar-refractivity contribution in [1.29, 1.82) is 0 Å². The van der Waals surface area contributed by atoms with Gasteiger partial charge in [0.1, 0.15) is 0 Å². The Hall–Kier alpha value is 0.430. The lowest BCUT2D eigenvalue weighted by atomic mass is 9.81. The van der Waals surface area contributed by atoms with Crippen LogP contribution in [-0.4, -0.2) is 21.0 Å². The van der Waals surface area contributed by atoms with E-state index in [1.165, 1.54) is 13.0 Å². The third-order valence-electron chi connectivity index (χ3n) is 3.20. The Morgan fingerprint density at radius 2 is 1.80 bits per heavy atom. The number of halogens is 1. The van der Waals surface area contributed by atoms with E-state index in [9.17, 15) is 0 Å². The van der Waals surface area contributed by atoms with Crippen molar-refractivity contribution in [1.82, 2.24) is 4.90 Å². The standard InChI is InChI=1S/C13H24IN/c1-10-9-11(12(2,3)4)7-8-15(10)13(5,6)14/h9-10H,7-8H2,1-6H3/t10-/m1/s1. The van der Waals surface area contributed by atoms with E-state index in [0.29, 0.717) is 11.5 Å². The summed E-state index contributed by atoms with van der Waals surface area (Å²) in [6.07, 6.45) is 3.68. The van der Waals surface area contributed by atoms with Crippen LogP contribution in [0.15, 0.2) is 11.6 Å². The number of rotatable bonds is 1. The zero-order valence-corrected chi connectivity index (χ0v) is 13.1. The van der Waals surface area contributed by atoms with E-state index < -0.39 is 0 Å². The first-order valence-electron chi connectivity index (χ1n) is 5.79. The summed E-state index contributed by atoms with van der Waals surface area (Å²) in [5.74, 6) is 0. The fourth-order valence-electron chi connectivity index (χ4n) is 2.28. The molecule has 0 amide bonds. The van der Waals surface area contributed by atoms with Crippen LogP contribution in [-0.2, 0) is 0 Å². The Morgan fingerprint density at radius 1 is 1.27 bits per heavy atom. The molecule has 88 valence electrons. The van der Waals surface area contributed by atoms with Gasteiger partial charge in [0.15, 0.2) is 0 Å². The van der Waals surface area contributed by atoms with E-state index in [1.807, 2.05) is 0 Å². The predicted octanol–water partition coefficient (Wildman–Crippen LogP) is 4.22. The van der Waals surface area contributed by atoms with Crippen LogP contribution in [0.2, 0.25) is 0 Å². The summed E-state index contributed by atoms with van der Waals surface area (Å²) < 4.78 is 0.261. The minimum atomic E-state index is 0.261. The Labute approximate surface area is 108 Å². The van der Waals surface area contributed by atoms with Crippen molar-refractivity contribution in [2.45, 2.75) is 57.6 Å². The molecule has 1 rings (SSSR count). The fourth-order valence-corrected chi connectivity index (χ4v) is 2.96. The van der Waals surface area contributed by atoms with Gasteiger partial charge in [-0.25, -0.2) is 0 Å².